The zero-order valence-corrected chi connectivity index (χ0v) is 11.3. The van der Waals surface area contributed by atoms with Gasteiger partial charge in [0.15, 0.2) is 0 Å². The van der Waals surface area contributed by atoms with E-state index in [4.69, 9.17) is 10.5 Å². The Labute approximate surface area is 112 Å². The van der Waals surface area contributed by atoms with Crippen molar-refractivity contribution in [2.45, 2.75) is 20.0 Å². The molecular weight excluding hydrogens is 246 g/mol. The fourth-order valence-corrected chi connectivity index (χ4v) is 1.56. The van der Waals surface area contributed by atoms with E-state index in [1.165, 1.54) is 14.0 Å². The smallest absolute Gasteiger partial charge is 0.254 e. The first-order valence-electron chi connectivity index (χ1n) is 5.90. The third kappa shape index (κ3) is 4.35. The molecule has 0 aromatic heterocycles. The lowest BCUT2D eigenvalue weighted by atomic mass is 10.1. The van der Waals surface area contributed by atoms with Crippen LogP contribution in [0.15, 0.2) is 18.2 Å². The number of amides is 2. The second-order valence-corrected chi connectivity index (χ2v) is 4.16. The van der Waals surface area contributed by atoms with Gasteiger partial charge in [-0.3, -0.25) is 9.59 Å². The van der Waals surface area contributed by atoms with Crippen molar-refractivity contribution in [1.29, 1.82) is 0 Å². The van der Waals surface area contributed by atoms with Crippen molar-refractivity contribution in [3.8, 4) is 0 Å². The number of hydrogen-bond donors (Lipinski definition) is 3. The van der Waals surface area contributed by atoms with E-state index in [0.717, 1.165) is 5.56 Å². The van der Waals surface area contributed by atoms with Crippen LogP contribution in [-0.4, -0.2) is 31.6 Å². The molecule has 6 nitrogen and oxygen atoms in total. The molecule has 1 aromatic rings. The molecule has 0 heterocycles. The highest BCUT2D eigenvalue weighted by molar-refractivity contribution is 5.96. The number of aryl methyl sites for hydroxylation is 1. The number of carbonyl (C=O) groups is 2. The number of anilines is 2. The second kappa shape index (κ2) is 6.86. The van der Waals surface area contributed by atoms with Gasteiger partial charge in [0.1, 0.15) is 6.10 Å². The van der Waals surface area contributed by atoms with Gasteiger partial charge in [-0.1, -0.05) is 6.07 Å². The van der Waals surface area contributed by atoms with Crippen LogP contribution in [0.1, 0.15) is 12.5 Å². The highest BCUT2D eigenvalue weighted by atomic mass is 16.5. The number of nitrogens with one attached hydrogen (secondary N) is 2. The minimum Gasteiger partial charge on any atom is -0.370 e. The number of rotatable bonds is 5. The van der Waals surface area contributed by atoms with Crippen LogP contribution in [0.5, 0.6) is 0 Å². The Morgan fingerprint density at radius 2 is 2.05 bits per heavy atom. The average molecular weight is 265 g/mol. The summed E-state index contributed by atoms with van der Waals surface area (Å²) in [7, 11) is 1.43. The largest absolute Gasteiger partial charge is 0.370 e. The molecule has 0 spiro atoms. The van der Waals surface area contributed by atoms with Crippen LogP contribution in [0.25, 0.3) is 0 Å². The molecular formula is C13H19N3O3. The summed E-state index contributed by atoms with van der Waals surface area (Å²) >= 11 is 0. The predicted molar refractivity (Wildman–Crippen MR) is 74.0 cm³/mol. The third-order valence-electron chi connectivity index (χ3n) is 2.61. The Kier molecular flexibility index (Phi) is 5.47. The fourth-order valence-electron chi connectivity index (χ4n) is 1.56. The summed E-state index contributed by atoms with van der Waals surface area (Å²) in [6.07, 6.45) is -0.691. The minimum absolute atomic E-state index is 0.104. The Morgan fingerprint density at radius 1 is 1.37 bits per heavy atom. The topological polar surface area (TPSA) is 93.4 Å². The molecule has 0 fully saturated rings. The van der Waals surface area contributed by atoms with Crippen molar-refractivity contribution >= 4 is 23.2 Å². The van der Waals surface area contributed by atoms with E-state index in [-0.39, 0.29) is 18.4 Å². The molecule has 1 atom stereocenters. The number of methoxy groups -OCH3 is 1. The quantitative estimate of drug-likeness (QED) is 0.736. The lowest BCUT2D eigenvalue weighted by Gasteiger charge is -2.15. The molecule has 0 aliphatic heterocycles. The van der Waals surface area contributed by atoms with Crippen molar-refractivity contribution in [1.82, 2.24) is 0 Å². The first kappa shape index (κ1) is 15.1. The van der Waals surface area contributed by atoms with Crippen molar-refractivity contribution in [3.63, 3.8) is 0 Å². The second-order valence-electron chi connectivity index (χ2n) is 4.16. The monoisotopic (exact) mass is 265 g/mol. The van der Waals surface area contributed by atoms with Crippen LogP contribution < -0.4 is 16.4 Å². The average Bonchev–Trinajstić information content (AvgIpc) is 2.34. The maximum atomic E-state index is 11.9. The van der Waals surface area contributed by atoms with E-state index in [2.05, 4.69) is 10.6 Å². The van der Waals surface area contributed by atoms with E-state index in [0.29, 0.717) is 11.4 Å². The fraction of sp³-hybridized carbons (Fsp3) is 0.385. The van der Waals surface area contributed by atoms with Gasteiger partial charge in [-0.25, -0.2) is 0 Å². The summed E-state index contributed by atoms with van der Waals surface area (Å²) in [5.74, 6) is -0.481. The van der Waals surface area contributed by atoms with Gasteiger partial charge in [0.2, 0.25) is 5.91 Å². The van der Waals surface area contributed by atoms with E-state index < -0.39 is 6.10 Å². The Balaban J connectivity index is 2.87. The molecule has 104 valence electrons. The summed E-state index contributed by atoms with van der Waals surface area (Å²) in [6.45, 7) is 3.39. The maximum absolute atomic E-state index is 11.9. The molecule has 0 aliphatic rings. The van der Waals surface area contributed by atoms with E-state index >= 15 is 0 Å². The molecule has 1 unspecified atom stereocenters. The van der Waals surface area contributed by atoms with Crippen LogP contribution >= 0.6 is 0 Å². The van der Waals surface area contributed by atoms with Gasteiger partial charge in [-0.15, -0.1) is 0 Å². The predicted octanol–water partition coefficient (Wildman–Crippen LogP) is 0.866. The van der Waals surface area contributed by atoms with Gasteiger partial charge in [-0.2, -0.15) is 0 Å². The van der Waals surface area contributed by atoms with Crippen LogP contribution in [0.4, 0.5) is 11.4 Å². The Hall–Kier alpha value is -1.92. The normalized spacial score (nSPS) is 11.8. The van der Waals surface area contributed by atoms with Gasteiger partial charge in [0.05, 0.1) is 0 Å². The van der Waals surface area contributed by atoms with Crippen molar-refractivity contribution < 1.29 is 14.3 Å². The van der Waals surface area contributed by atoms with Crippen LogP contribution in [0.3, 0.4) is 0 Å². The van der Waals surface area contributed by atoms with E-state index in [9.17, 15) is 9.59 Å². The number of hydrogen-bond acceptors (Lipinski definition) is 4. The molecule has 0 bridgehead atoms. The third-order valence-corrected chi connectivity index (χ3v) is 2.61. The first-order valence-corrected chi connectivity index (χ1v) is 5.90. The maximum Gasteiger partial charge on any atom is 0.254 e. The van der Waals surface area contributed by atoms with E-state index in [1.807, 2.05) is 13.0 Å². The molecule has 0 saturated carbocycles. The Morgan fingerprint density at radius 3 is 2.58 bits per heavy atom. The van der Waals surface area contributed by atoms with Crippen LogP contribution in [0, 0.1) is 6.92 Å². The number of ether oxygens (including phenoxy) is 1. The highest BCUT2D eigenvalue weighted by Crippen LogP contribution is 2.20. The summed E-state index contributed by atoms with van der Waals surface area (Å²) in [6, 6.07) is 5.27. The van der Waals surface area contributed by atoms with Gasteiger partial charge in [0.25, 0.3) is 5.91 Å². The lowest BCUT2D eigenvalue weighted by molar-refractivity contribution is -0.125. The van der Waals surface area contributed by atoms with Crippen molar-refractivity contribution in [2.24, 2.45) is 5.73 Å². The molecule has 6 heteroatoms. The van der Waals surface area contributed by atoms with Gasteiger partial charge in [0, 0.05) is 32.0 Å². The zero-order valence-electron chi connectivity index (χ0n) is 11.3. The van der Waals surface area contributed by atoms with Crippen molar-refractivity contribution in [2.75, 3.05) is 24.3 Å². The molecule has 0 aliphatic carbocycles. The lowest BCUT2D eigenvalue weighted by Crippen LogP contribution is -2.36. The standard InChI is InChI=1S/C13H19N3O3/c1-8-4-5-10(15-9(2)17)6-11(8)16-13(18)12(7-14)19-3/h4-6,12H,7,14H2,1-3H3,(H,15,17)(H,16,18). The molecule has 19 heavy (non-hydrogen) atoms. The summed E-state index contributed by atoms with van der Waals surface area (Å²) in [5.41, 5.74) is 7.55. The van der Waals surface area contributed by atoms with E-state index in [1.54, 1.807) is 12.1 Å². The van der Waals surface area contributed by atoms with Gasteiger partial charge < -0.3 is 21.1 Å². The van der Waals surface area contributed by atoms with Crippen LogP contribution in [-0.2, 0) is 14.3 Å². The Bertz CT molecular complexity index is 470. The SMILES string of the molecule is COC(CN)C(=O)Nc1cc(NC(C)=O)ccc1C. The molecule has 1 rings (SSSR count). The minimum atomic E-state index is -0.691. The molecule has 0 radical (unpaired) electrons. The summed E-state index contributed by atoms with van der Waals surface area (Å²) in [4.78, 5) is 22.9. The number of nitrogens with two attached hydrogens (primary N) is 1. The highest BCUT2D eigenvalue weighted by Gasteiger charge is 2.16. The summed E-state index contributed by atoms with van der Waals surface area (Å²) in [5, 5.41) is 5.39. The number of carbonyl (C=O) groups excluding carboxylic acids is 2. The zero-order chi connectivity index (χ0) is 14.4. The van der Waals surface area contributed by atoms with Crippen molar-refractivity contribution in [3.05, 3.63) is 23.8 Å². The molecule has 2 amide bonds. The first-order chi connectivity index (χ1) is 8.97. The molecule has 1 aromatic carbocycles. The van der Waals surface area contributed by atoms with Gasteiger partial charge in [-0.05, 0) is 24.6 Å². The summed E-state index contributed by atoms with van der Waals surface area (Å²) < 4.78 is 4.96. The molecule has 4 N–H and O–H groups in total. The van der Waals surface area contributed by atoms with Crippen LogP contribution in [0.2, 0.25) is 0 Å². The molecule has 0 saturated heterocycles. The number of benzene rings is 1. The van der Waals surface area contributed by atoms with Gasteiger partial charge >= 0.3 is 0 Å².